The van der Waals surface area contributed by atoms with E-state index in [4.69, 9.17) is 4.74 Å². The Morgan fingerprint density at radius 2 is 1.79 bits per heavy atom. The molecule has 0 amide bonds. The van der Waals surface area contributed by atoms with Crippen molar-refractivity contribution in [3.05, 3.63) is 60.4 Å². The van der Waals surface area contributed by atoms with Crippen molar-refractivity contribution < 1.29 is 26.7 Å². The summed E-state index contributed by atoms with van der Waals surface area (Å²) in [5, 5.41) is 1.09. The Bertz CT molecular complexity index is 1150. The van der Waals surface area contributed by atoms with Crippen LogP contribution in [0, 0.1) is 0 Å². The normalized spacial score (nSPS) is 12.2. The number of aromatic amines is 1. The number of H-pyrrole nitrogens is 1. The fourth-order valence-corrected chi connectivity index (χ4v) is 3.13. The molecule has 0 radical (unpaired) electrons. The lowest BCUT2D eigenvalue weighted by molar-refractivity contribution is -0.137. The topological polar surface area (TPSA) is 37.9 Å². The molecule has 4 aromatic rings. The molecular formula is C20H13F5N2O. The molecule has 28 heavy (non-hydrogen) atoms. The second kappa shape index (κ2) is 6.78. The van der Waals surface area contributed by atoms with Gasteiger partial charge in [-0.15, -0.1) is 0 Å². The van der Waals surface area contributed by atoms with Crippen molar-refractivity contribution in [3.63, 3.8) is 0 Å². The van der Waals surface area contributed by atoms with E-state index in [9.17, 15) is 22.0 Å². The predicted molar refractivity (Wildman–Crippen MR) is 95.5 cm³/mol. The van der Waals surface area contributed by atoms with Gasteiger partial charge in [0, 0.05) is 33.6 Å². The molecule has 3 nitrogen and oxygen atoms in total. The van der Waals surface area contributed by atoms with Gasteiger partial charge in [0.2, 0.25) is 0 Å². The SMILES string of the molecule is FC(F)COc1cnccc1-c1ccc2c(c1)[nH]c1ccc(C(F)(F)F)cc12. The smallest absolute Gasteiger partial charge is 0.416 e. The third-order valence-electron chi connectivity index (χ3n) is 4.39. The molecule has 0 unspecified atom stereocenters. The Hall–Kier alpha value is -3.16. The number of halogens is 5. The van der Waals surface area contributed by atoms with Crippen molar-refractivity contribution in [3.8, 4) is 16.9 Å². The highest BCUT2D eigenvalue weighted by molar-refractivity contribution is 6.08. The molecule has 2 aromatic heterocycles. The molecule has 1 N–H and O–H groups in total. The zero-order valence-electron chi connectivity index (χ0n) is 14.2. The Kier molecular flexibility index (Phi) is 4.41. The molecule has 0 saturated carbocycles. The van der Waals surface area contributed by atoms with Crippen molar-refractivity contribution in [2.24, 2.45) is 0 Å². The minimum Gasteiger partial charge on any atom is -0.485 e. The molecular weight excluding hydrogens is 379 g/mol. The number of aromatic nitrogens is 2. The minimum atomic E-state index is -4.42. The molecule has 0 saturated heterocycles. The lowest BCUT2D eigenvalue weighted by atomic mass is 10.0. The lowest BCUT2D eigenvalue weighted by Crippen LogP contribution is -2.07. The maximum Gasteiger partial charge on any atom is 0.416 e. The molecule has 8 heteroatoms. The largest absolute Gasteiger partial charge is 0.485 e. The van der Waals surface area contributed by atoms with E-state index in [1.54, 1.807) is 24.3 Å². The fraction of sp³-hybridized carbons (Fsp3) is 0.150. The van der Waals surface area contributed by atoms with Gasteiger partial charge in [-0.3, -0.25) is 4.98 Å². The van der Waals surface area contributed by atoms with E-state index >= 15 is 0 Å². The molecule has 0 aliphatic carbocycles. The third-order valence-corrected chi connectivity index (χ3v) is 4.39. The van der Waals surface area contributed by atoms with Gasteiger partial charge in [0.1, 0.15) is 12.4 Å². The summed E-state index contributed by atoms with van der Waals surface area (Å²) in [4.78, 5) is 6.99. The number of nitrogens with one attached hydrogen (secondary N) is 1. The van der Waals surface area contributed by atoms with Crippen LogP contribution in [0.4, 0.5) is 22.0 Å². The number of hydrogen-bond donors (Lipinski definition) is 1. The van der Waals surface area contributed by atoms with Gasteiger partial charge >= 0.3 is 6.18 Å². The number of rotatable bonds is 4. The van der Waals surface area contributed by atoms with E-state index in [2.05, 4.69) is 9.97 Å². The number of fused-ring (bicyclic) bond motifs is 3. The van der Waals surface area contributed by atoms with Crippen LogP contribution in [-0.2, 0) is 6.18 Å². The van der Waals surface area contributed by atoms with Crippen LogP contribution in [0.25, 0.3) is 32.9 Å². The van der Waals surface area contributed by atoms with Crippen molar-refractivity contribution in [2.75, 3.05) is 6.61 Å². The van der Waals surface area contributed by atoms with Crippen LogP contribution in [0.15, 0.2) is 54.9 Å². The van der Waals surface area contributed by atoms with Crippen LogP contribution in [0.3, 0.4) is 0 Å². The molecule has 0 fully saturated rings. The number of benzene rings is 2. The molecule has 0 spiro atoms. The van der Waals surface area contributed by atoms with Gasteiger partial charge in [0.25, 0.3) is 6.43 Å². The second-order valence-electron chi connectivity index (χ2n) is 6.22. The molecule has 144 valence electrons. The van der Waals surface area contributed by atoms with Gasteiger partial charge in [0.05, 0.1) is 11.8 Å². The first kappa shape index (κ1) is 18.2. The maximum atomic E-state index is 13.0. The first-order valence-electron chi connectivity index (χ1n) is 8.31. The van der Waals surface area contributed by atoms with Gasteiger partial charge in [-0.2, -0.15) is 13.2 Å². The summed E-state index contributed by atoms with van der Waals surface area (Å²) in [5.41, 5.74) is 1.71. The van der Waals surface area contributed by atoms with E-state index in [1.807, 2.05) is 0 Å². The fourth-order valence-electron chi connectivity index (χ4n) is 3.13. The van der Waals surface area contributed by atoms with Crippen molar-refractivity contribution in [1.82, 2.24) is 9.97 Å². The summed E-state index contributed by atoms with van der Waals surface area (Å²) >= 11 is 0. The summed E-state index contributed by atoms with van der Waals surface area (Å²) in [5.74, 6) is 0.206. The Balaban J connectivity index is 1.80. The predicted octanol–water partition coefficient (Wildman–Crippen LogP) is 6.05. The molecule has 0 aliphatic heterocycles. The Morgan fingerprint density at radius 1 is 0.964 bits per heavy atom. The van der Waals surface area contributed by atoms with Crippen LogP contribution < -0.4 is 4.74 Å². The number of pyridine rings is 1. The summed E-state index contributed by atoms with van der Waals surface area (Å²) in [6.07, 6.45) is -4.18. The molecule has 2 heterocycles. The number of hydrogen-bond acceptors (Lipinski definition) is 2. The molecule has 4 rings (SSSR count). The van der Waals surface area contributed by atoms with Gasteiger partial charge in [-0.05, 0) is 35.9 Å². The van der Waals surface area contributed by atoms with E-state index in [0.29, 0.717) is 32.9 Å². The zero-order chi connectivity index (χ0) is 19.9. The zero-order valence-corrected chi connectivity index (χ0v) is 14.2. The summed E-state index contributed by atoms with van der Waals surface area (Å²) < 4.78 is 69.1. The minimum absolute atomic E-state index is 0.206. The second-order valence-corrected chi connectivity index (χ2v) is 6.22. The Labute approximate surface area is 155 Å². The number of nitrogens with zero attached hydrogens (tertiary/aromatic N) is 1. The lowest BCUT2D eigenvalue weighted by Gasteiger charge is -2.11. The quantitative estimate of drug-likeness (QED) is 0.430. The first-order chi connectivity index (χ1) is 13.3. The van der Waals surface area contributed by atoms with Crippen LogP contribution >= 0.6 is 0 Å². The van der Waals surface area contributed by atoms with Crippen LogP contribution in [0.2, 0.25) is 0 Å². The van der Waals surface area contributed by atoms with Crippen molar-refractivity contribution in [1.29, 1.82) is 0 Å². The highest BCUT2D eigenvalue weighted by atomic mass is 19.4. The van der Waals surface area contributed by atoms with Crippen LogP contribution in [-0.4, -0.2) is 23.0 Å². The Morgan fingerprint density at radius 3 is 2.54 bits per heavy atom. The van der Waals surface area contributed by atoms with E-state index in [0.717, 1.165) is 12.1 Å². The third kappa shape index (κ3) is 3.37. The summed E-state index contributed by atoms with van der Waals surface area (Å²) in [7, 11) is 0. The van der Waals surface area contributed by atoms with E-state index in [1.165, 1.54) is 18.5 Å². The highest BCUT2D eigenvalue weighted by Gasteiger charge is 2.30. The highest BCUT2D eigenvalue weighted by Crippen LogP contribution is 2.36. The average Bonchev–Trinajstić information content (AvgIpc) is 3.02. The van der Waals surface area contributed by atoms with Gasteiger partial charge in [0.15, 0.2) is 0 Å². The molecule has 0 atom stereocenters. The van der Waals surface area contributed by atoms with Gasteiger partial charge in [-0.1, -0.05) is 12.1 Å². The monoisotopic (exact) mass is 392 g/mol. The first-order valence-corrected chi connectivity index (χ1v) is 8.31. The van der Waals surface area contributed by atoms with E-state index < -0.39 is 24.8 Å². The molecule has 2 aromatic carbocycles. The van der Waals surface area contributed by atoms with Crippen molar-refractivity contribution in [2.45, 2.75) is 12.6 Å². The number of alkyl halides is 5. The van der Waals surface area contributed by atoms with Crippen LogP contribution in [0.5, 0.6) is 5.75 Å². The summed E-state index contributed by atoms with van der Waals surface area (Å²) in [6, 6.07) is 10.3. The molecule has 0 aliphatic rings. The van der Waals surface area contributed by atoms with E-state index in [-0.39, 0.29) is 5.75 Å². The van der Waals surface area contributed by atoms with Crippen LogP contribution in [0.1, 0.15) is 5.56 Å². The van der Waals surface area contributed by atoms with Gasteiger partial charge < -0.3 is 9.72 Å². The standard InChI is InChI=1S/C20H13F5N2O/c21-19(22)10-28-18-9-26-6-5-13(18)11-1-3-14-15-8-12(20(23,24)25)2-4-16(15)27-17(14)7-11/h1-9,19,27H,10H2. The molecule has 0 bridgehead atoms. The number of ether oxygens (including phenoxy) is 1. The van der Waals surface area contributed by atoms with Gasteiger partial charge in [-0.25, -0.2) is 8.78 Å². The van der Waals surface area contributed by atoms with Crippen molar-refractivity contribution >= 4 is 21.8 Å². The maximum absolute atomic E-state index is 13.0. The summed E-state index contributed by atoms with van der Waals surface area (Å²) in [6.45, 7) is -0.756. The average molecular weight is 392 g/mol.